The number of nitrogens with one attached hydrogen (secondary N) is 1. The Kier molecular flexibility index (Phi) is 5.29. The van der Waals surface area contributed by atoms with E-state index in [2.05, 4.69) is 24.5 Å². The predicted molar refractivity (Wildman–Crippen MR) is 108 cm³/mol. The molecule has 2 aromatic carbocycles. The summed E-state index contributed by atoms with van der Waals surface area (Å²) in [7, 11) is 0. The fraction of sp³-hybridized carbons (Fsp3) is 0.136. The molecule has 1 aliphatic heterocycles. The third kappa shape index (κ3) is 3.73. The van der Waals surface area contributed by atoms with Gasteiger partial charge >= 0.3 is 0 Å². The molecule has 0 fully saturated rings. The van der Waals surface area contributed by atoms with Crippen molar-refractivity contribution in [1.82, 2.24) is 0 Å². The third-order valence-electron chi connectivity index (χ3n) is 4.22. The van der Waals surface area contributed by atoms with Gasteiger partial charge in [-0.2, -0.15) is 0 Å². The summed E-state index contributed by atoms with van der Waals surface area (Å²) >= 11 is 6.40. The number of allylic oxidation sites excluding steroid dienone is 2. The van der Waals surface area contributed by atoms with Crippen molar-refractivity contribution < 1.29 is 9.53 Å². The summed E-state index contributed by atoms with van der Waals surface area (Å²) < 4.78 is 5.54. The minimum absolute atomic E-state index is 0.210. The van der Waals surface area contributed by atoms with Gasteiger partial charge in [-0.15, -0.1) is 0 Å². The minimum Gasteiger partial charge on any atom is -0.493 e. The molecule has 1 aliphatic rings. The van der Waals surface area contributed by atoms with E-state index in [1.165, 1.54) is 5.56 Å². The first-order valence-electron chi connectivity index (χ1n) is 8.35. The monoisotopic (exact) mass is 365 g/mol. The number of carbonyl (C=O) groups is 1. The molecule has 3 nitrogen and oxygen atoms in total. The lowest BCUT2D eigenvalue weighted by Gasteiger charge is -2.11. The number of hydrogen-bond donors (Lipinski definition) is 1. The number of hydrogen-bond acceptors (Lipinski definition) is 2. The Hall–Kier alpha value is -2.78. The van der Waals surface area contributed by atoms with Gasteiger partial charge in [-0.05, 0) is 54.0 Å². The normalized spacial score (nSPS) is 12.9. The Morgan fingerprint density at radius 1 is 1.27 bits per heavy atom. The number of fused-ring (bicyclic) bond motifs is 1. The summed E-state index contributed by atoms with van der Waals surface area (Å²) in [5.41, 5.74) is 5.02. The molecule has 0 saturated heterocycles. The molecule has 0 unspecified atom stereocenters. The maximum atomic E-state index is 12.4. The summed E-state index contributed by atoms with van der Waals surface area (Å²) in [6, 6.07) is 11.5. The van der Waals surface area contributed by atoms with Crippen LogP contribution in [0.15, 0.2) is 72.9 Å². The maximum Gasteiger partial charge on any atom is 0.255 e. The average Bonchev–Trinajstić information content (AvgIpc) is 3.06. The van der Waals surface area contributed by atoms with Gasteiger partial charge in [0, 0.05) is 23.2 Å². The smallest absolute Gasteiger partial charge is 0.255 e. The second kappa shape index (κ2) is 7.63. The van der Waals surface area contributed by atoms with E-state index in [9.17, 15) is 4.79 Å². The van der Waals surface area contributed by atoms with Crippen molar-refractivity contribution in [2.75, 3.05) is 11.9 Å². The van der Waals surface area contributed by atoms with Crippen molar-refractivity contribution in [2.24, 2.45) is 0 Å². The van der Waals surface area contributed by atoms with E-state index in [4.69, 9.17) is 16.3 Å². The maximum absolute atomic E-state index is 12.4. The zero-order chi connectivity index (χ0) is 18.7. The Balaban J connectivity index is 1.81. The first kappa shape index (κ1) is 18.0. The van der Waals surface area contributed by atoms with Gasteiger partial charge in [0.05, 0.1) is 11.6 Å². The van der Waals surface area contributed by atoms with E-state index in [1.807, 2.05) is 30.3 Å². The van der Waals surface area contributed by atoms with Crippen LogP contribution in [-0.4, -0.2) is 12.5 Å². The van der Waals surface area contributed by atoms with Crippen LogP contribution in [-0.2, 0) is 11.2 Å². The van der Waals surface area contributed by atoms with Gasteiger partial charge in [-0.1, -0.05) is 43.0 Å². The zero-order valence-electron chi connectivity index (χ0n) is 14.6. The van der Waals surface area contributed by atoms with E-state index >= 15 is 0 Å². The number of carbonyl (C=O) groups excluding carboxylic acids is 1. The first-order valence-corrected chi connectivity index (χ1v) is 8.73. The molecule has 4 heteroatoms. The predicted octanol–water partition coefficient (Wildman–Crippen LogP) is 5.57. The molecule has 1 N–H and O–H groups in total. The summed E-state index contributed by atoms with van der Waals surface area (Å²) in [5.74, 6) is 0.654. The van der Waals surface area contributed by atoms with Crippen molar-refractivity contribution in [3.8, 4) is 16.9 Å². The fourth-order valence-electron chi connectivity index (χ4n) is 2.88. The summed E-state index contributed by atoms with van der Waals surface area (Å²) in [6.45, 7) is 9.95. The molecule has 26 heavy (non-hydrogen) atoms. The molecule has 0 spiro atoms. The van der Waals surface area contributed by atoms with Gasteiger partial charge in [0.2, 0.25) is 0 Å². The van der Waals surface area contributed by atoms with Crippen LogP contribution in [0.1, 0.15) is 12.5 Å². The Morgan fingerprint density at radius 3 is 2.65 bits per heavy atom. The molecule has 0 aromatic heterocycles. The van der Waals surface area contributed by atoms with Crippen LogP contribution in [0, 0.1) is 0 Å². The highest BCUT2D eigenvalue weighted by atomic mass is 35.5. The van der Waals surface area contributed by atoms with Gasteiger partial charge < -0.3 is 10.1 Å². The number of halogens is 1. The van der Waals surface area contributed by atoms with Crippen molar-refractivity contribution in [2.45, 2.75) is 13.3 Å². The van der Waals surface area contributed by atoms with Crippen molar-refractivity contribution in [3.63, 3.8) is 0 Å². The van der Waals surface area contributed by atoms with Crippen LogP contribution in [0.5, 0.6) is 5.75 Å². The molecule has 0 radical (unpaired) electrons. The summed E-state index contributed by atoms with van der Waals surface area (Å²) in [4.78, 5) is 12.4. The second-order valence-electron chi connectivity index (χ2n) is 6.17. The Labute approximate surface area is 158 Å². The highest BCUT2D eigenvalue weighted by Gasteiger charge is 2.16. The standard InChI is InChI=1S/C22H20ClNO2/c1-4-5-18(14(2)3)22(25)24-17-8-6-15(7-9-17)19-12-16-10-11-26-21(16)13-20(19)23/h4-9,12-13H,1-2,10-11H2,3H3,(H,24,25)/b18-5+. The quantitative estimate of drug-likeness (QED) is 0.555. The van der Waals surface area contributed by atoms with Gasteiger partial charge in [-0.25, -0.2) is 0 Å². The number of ether oxygens (including phenoxy) is 1. The molecule has 0 saturated carbocycles. The van der Waals surface area contributed by atoms with E-state index in [-0.39, 0.29) is 5.91 Å². The summed E-state index contributed by atoms with van der Waals surface area (Å²) in [6.07, 6.45) is 4.12. The van der Waals surface area contributed by atoms with E-state index < -0.39 is 0 Å². The minimum atomic E-state index is -0.210. The number of anilines is 1. The van der Waals surface area contributed by atoms with Gasteiger partial charge in [0.25, 0.3) is 5.91 Å². The Morgan fingerprint density at radius 2 is 2.00 bits per heavy atom. The first-order chi connectivity index (χ1) is 12.5. The topological polar surface area (TPSA) is 38.3 Å². The number of rotatable bonds is 5. The number of benzene rings is 2. The van der Waals surface area contributed by atoms with Crippen LogP contribution in [0.3, 0.4) is 0 Å². The van der Waals surface area contributed by atoms with E-state index in [1.54, 1.807) is 19.1 Å². The largest absolute Gasteiger partial charge is 0.493 e. The molecule has 1 amide bonds. The van der Waals surface area contributed by atoms with Gasteiger partial charge in [0.1, 0.15) is 5.75 Å². The molecule has 1 heterocycles. The molecule has 132 valence electrons. The molecular formula is C22H20ClNO2. The lowest BCUT2D eigenvalue weighted by atomic mass is 10.0. The van der Waals surface area contributed by atoms with E-state index in [0.717, 1.165) is 23.3 Å². The molecule has 3 rings (SSSR count). The summed E-state index contributed by atoms with van der Waals surface area (Å²) in [5, 5.41) is 3.53. The molecule has 0 bridgehead atoms. The van der Waals surface area contributed by atoms with Crippen LogP contribution >= 0.6 is 11.6 Å². The molecule has 2 aromatic rings. The van der Waals surface area contributed by atoms with Crippen LogP contribution < -0.4 is 10.1 Å². The fourth-order valence-corrected chi connectivity index (χ4v) is 3.15. The average molecular weight is 366 g/mol. The van der Waals surface area contributed by atoms with Crippen LogP contribution in [0.25, 0.3) is 11.1 Å². The second-order valence-corrected chi connectivity index (χ2v) is 6.57. The SMILES string of the molecule is C=C/C=C(\C(=C)C)C(=O)Nc1ccc(-c2cc3c(cc2Cl)OCC3)cc1. The van der Waals surface area contributed by atoms with Gasteiger partial charge in [0.15, 0.2) is 0 Å². The highest BCUT2D eigenvalue weighted by Crippen LogP contribution is 2.37. The van der Waals surface area contributed by atoms with Crippen molar-refractivity contribution in [3.05, 3.63) is 83.4 Å². The van der Waals surface area contributed by atoms with Crippen molar-refractivity contribution >= 4 is 23.2 Å². The number of amides is 1. The zero-order valence-corrected chi connectivity index (χ0v) is 15.4. The molecule has 0 aliphatic carbocycles. The third-order valence-corrected chi connectivity index (χ3v) is 4.53. The lowest BCUT2D eigenvalue weighted by molar-refractivity contribution is -0.112. The van der Waals surface area contributed by atoms with Crippen LogP contribution in [0.2, 0.25) is 5.02 Å². The van der Waals surface area contributed by atoms with E-state index in [0.29, 0.717) is 28.5 Å². The van der Waals surface area contributed by atoms with Crippen molar-refractivity contribution in [1.29, 1.82) is 0 Å². The van der Waals surface area contributed by atoms with Crippen LogP contribution in [0.4, 0.5) is 5.69 Å². The Bertz CT molecular complexity index is 910. The molecule has 0 atom stereocenters. The van der Waals surface area contributed by atoms with Gasteiger partial charge in [-0.3, -0.25) is 4.79 Å². The highest BCUT2D eigenvalue weighted by molar-refractivity contribution is 6.33. The molecular weight excluding hydrogens is 346 g/mol. The lowest BCUT2D eigenvalue weighted by Crippen LogP contribution is -2.14.